The zero-order chi connectivity index (χ0) is 29.2. The van der Waals surface area contributed by atoms with Crippen LogP contribution in [0.2, 0.25) is 0 Å². The Morgan fingerprint density at radius 1 is 0.881 bits per heavy atom. The highest BCUT2D eigenvalue weighted by Crippen LogP contribution is 2.62. The molecule has 7 rings (SSSR count). The van der Waals surface area contributed by atoms with Gasteiger partial charge in [-0.05, 0) is 53.1 Å². The zero-order valence-corrected chi connectivity index (χ0v) is 21.9. The van der Waals surface area contributed by atoms with E-state index < -0.39 is 51.6 Å². The van der Waals surface area contributed by atoms with Crippen LogP contribution in [0.15, 0.2) is 103 Å². The van der Waals surface area contributed by atoms with Crippen LogP contribution in [0.4, 0.5) is 15.8 Å². The molecule has 0 bridgehead atoms. The van der Waals surface area contributed by atoms with Gasteiger partial charge in [-0.3, -0.25) is 24.5 Å². The summed E-state index contributed by atoms with van der Waals surface area (Å²) < 4.78 is 13.9. The van der Waals surface area contributed by atoms with Crippen LogP contribution in [0, 0.1) is 21.8 Å². The number of ketones is 2. The number of para-hydroxylation sites is 1. The van der Waals surface area contributed by atoms with Gasteiger partial charge in [-0.15, -0.1) is 0 Å². The summed E-state index contributed by atoms with van der Waals surface area (Å²) in [7, 11) is 0. The van der Waals surface area contributed by atoms with Crippen LogP contribution in [0.25, 0.3) is 6.08 Å². The molecule has 8 nitrogen and oxygen atoms in total. The van der Waals surface area contributed by atoms with Crippen molar-refractivity contribution in [2.75, 3.05) is 5.32 Å². The summed E-state index contributed by atoms with van der Waals surface area (Å²) in [6, 6.07) is 23.0. The van der Waals surface area contributed by atoms with Crippen molar-refractivity contribution >= 4 is 34.9 Å². The molecule has 3 heterocycles. The van der Waals surface area contributed by atoms with E-state index >= 15 is 0 Å². The summed E-state index contributed by atoms with van der Waals surface area (Å²) in [5.41, 5.74) is 1.08. The Labute approximate surface area is 239 Å². The minimum atomic E-state index is -1.55. The number of hydrogen-bond donors (Lipinski definition) is 1. The van der Waals surface area contributed by atoms with Crippen LogP contribution >= 0.6 is 0 Å². The first-order valence-corrected chi connectivity index (χ1v) is 13.4. The first-order chi connectivity index (χ1) is 20.3. The molecule has 1 spiro atoms. The highest BCUT2D eigenvalue weighted by molar-refractivity contribution is 6.16. The van der Waals surface area contributed by atoms with Crippen molar-refractivity contribution in [3.8, 4) is 0 Å². The molecule has 0 aromatic heterocycles. The van der Waals surface area contributed by atoms with Crippen LogP contribution in [0.1, 0.15) is 43.4 Å². The standard InChI is InChI=1S/C33H22FN3O5/c34-22-14-12-20(13-15-22)29(38)27-28(30(39)21-7-5-8-23(18-21)37(41)42)36-17-16-19-6-1-2-9-24(19)31(36)33(27)25-10-3-4-11-26(25)35-32(33)40/h1-18,27-28,31H,(H,35,40)/t27-,28+,31-,33-/m1/s1. The van der Waals surface area contributed by atoms with Gasteiger partial charge in [0.1, 0.15) is 17.3 Å². The first-order valence-electron chi connectivity index (χ1n) is 13.4. The number of nitrogens with zero attached hydrogens (tertiary/aromatic N) is 2. The zero-order valence-electron chi connectivity index (χ0n) is 21.9. The van der Waals surface area contributed by atoms with E-state index in [4.69, 9.17) is 0 Å². The summed E-state index contributed by atoms with van der Waals surface area (Å²) in [5.74, 6) is -3.28. The fourth-order valence-corrected chi connectivity index (χ4v) is 6.90. The summed E-state index contributed by atoms with van der Waals surface area (Å²) in [5, 5.41) is 14.5. The smallest absolute Gasteiger partial charge is 0.270 e. The molecule has 0 unspecified atom stereocenters. The number of nitro benzene ring substituents is 1. The first kappa shape index (κ1) is 25.5. The largest absolute Gasteiger partial charge is 0.358 e. The maximum atomic E-state index is 14.6. The number of nitro groups is 1. The second-order valence-corrected chi connectivity index (χ2v) is 10.6. The molecule has 1 saturated heterocycles. The lowest BCUT2D eigenvalue weighted by Gasteiger charge is -2.38. The van der Waals surface area contributed by atoms with Crippen molar-refractivity contribution in [3.05, 3.63) is 147 Å². The van der Waals surface area contributed by atoms with Gasteiger partial charge in [0.2, 0.25) is 5.91 Å². The molecule has 1 fully saturated rings. The second-order valence-electron chi connectivity index (χ2n) is 10.6. The summed E-state index contributed by atoms with van der Waals surface area (Å²) in [6.07, 6.45) is 3.55. The van der Waals surface area contributed by atoms with Gasteiger partial charge in [-0.25, -0.2) is 4.39 Å². The van der Waals surface area contributed by atoms with Crippen molar-refractivity contribution in [3.63, 3.8) is 0 Å². The molecule has 4 atom stereocenters. The number of anilines is 1. The third kappa shape index (κ3) is 3.49. The monoisotopic (exact) mass is 559 g/mol. The lowest BCUT2D eigenvalue weighted by atomic mass is 9.62. The Hall–Kier alpha value is -5.44. The lowest BCUT2D eigenvalue weighted by Crippen LogP contribution is -2.49. The molecule has 42 heavy (non-hydrogen) atoms. The average Bonchev–Trinajstić information content (AvgIpc) is 3.49. The van der Waals surface area contributed by atoms with Crippen molar-refractivity contribution in [1.82, 2.24) is 4.90 Å². The lowest BCUT2D eigenvalue weighted by molar-refractivity contribution is -0.384. The van der Waals surface area contributed by atoms with Crippen LogP contribution in [0.3, 0.4) is 0 Å². The van der Waals surface area contributed by atoms with E-state index in [0.717, 1.165) is 23.3 Å². The topological polar surface area (TPSA) is 110 Å². The Morgan fingerprint density at radius 2 is 1.62 bits per heavy atom. The van der Waals surface area contributed by atoms with E-state index in [1.807, 2.05) is 30.3 Å². The van der Waals surface area contributed by atoms with Gasteiger partial charge >= 0.3 is 0 Å². The van der Waals surface area contributed by atoms with Crippen LogP contribution in [0.5, 0.6) is 0 Å². The van der Waals surface area contributed by atoms with E-state index in [-0.39, 0.29) is 16.8 Å². The highest BCUT2D eigenvalue weighted by Gasteiger charge is 2.70. The van der Waals surface area contributed by atoms with Gasteiger partial charge in [0.15, 0.2) is 11.6 Å². The molecule has 4 aromatic carbocycles. The third-order valence-corrected chi connectivity index (χ3v) is 8.59. The van der Waals surface area contributed by atoms with Crippen molar-refractivity contribution in [2.24, 2.45) is 5.92 Å². The molecule has 0 aliphatic carbocycles. The summed E-state index contributed by atoms with van der Waals surface area (Å²) in [6.45, 7) is 0. The Balaban J connectivity index is 1.53. The number of carbonyl (C=O) groups excluding carboxylic acids is 3. The Kier molecular flexibility index (Phi) is 5.65. The molecule has 0 saturated carbocycles. The normalized spacial score (nSPS) is 23.2. The van der Waals surface area contributed by atoms with Gasteiger partial charge < -0.3 is 10.2 Å². The number of halogens is 1. The molecule has 3 aliphatic rings. The fourth-order valence-electron chi connectivity index (χ4n) is 6.90. The minimum absolute atomic E-state index is 0.0425. The van der Waals surface area contributed by atoms with E-state index in [1.54, 1.807) is 35.4 Å². The number of hydrogen-bond acceptors (Lipinski definition) is 6. The van der Waals surface area contributed by atoms with Crippen molar-refractivity contribution in [2.45, 2.75) is 17.5 Å². The number of fused-ring (bicyclic) bond motifs is 6. The second kappa shape index (κ2) is 9.31. The van der Waals surface area contributed by atoms with Crippen molar-refractivity contribution < 1.29 is 23.7 Å². The van der Waals surface area contributed by atoms with Gasteiger partial charge in [-0.2, -0.15) is 0 Å². The van der Waals surface area contributed by atoms with E-state index in [0.29, 0.717) is 11.3 Å². The van der Waals surface area contributed by atoms with Gasteiger partial charge in [0.05, 0.1) is 16.9 Å². The average molecular weight is 560 g/mol. The number of non-ortho nitro benzene ring substituents is 1. The third-order valence-electron chi connectivity index (χ3n) is 8.59. The summed E-state index contributed by atoms with van der Waals surface area (Å²) in [4.78, 5) is 56.3. The number of nitrogens with one attached hydrogen (secondary N) is 1. The van der Waals surface area contributed by atoms with Gasteiger partial charge in [0, 0.05) is 35.1 Å². The fraction of sp³-hybridized carbons (Fsp3) is 0.121. The number of amides is 1. The van der Waals surface area contributed by atoms with Crippen molar-refractivity contribution in [1.29, 1.82) is 0 Å². The predicted molar refractivity (Wildman–Crippen MR) is 152 cm³/mol. The molecule has 206 valence electrons. The molecule has 1 N–H and O–H groups in total. The molecule has 4 aromatic rings. The molecular formula is C33H22FN3O5. The maximum Gasteiger partial charge on any atom is 0.270 e. The summed E-state index contributed by atoms with van der Waals surface area (Å²) >= 11 is 0. The molecular weight excluding hydrogens is 537 g/mol. The van der Waals surface area contributed by atoms with Crippen LogP contribution in [-0.2, 0) is 10.2 Å². The number of Topliss-reactive ketones (excluding diaryl/α,β-unsaturated/α-hetero) is 2. The Bertz CT molecular complexity index is 1850. The number of benzene rings is 4. The van der Waals surface area contributed by atoms with E-state index in [2.05, 4.69) is 5.32 Å². The number of rotatable bonds is 5. The Morgan fingerprint density at radius 3 is 2.40 bits per heavy atom. The number of carbonyl (C=O) groups is 3. The predicted octanol–water partition coefficient (Wildman–Crippen LogP) is 5.72. The van der Waals surface area contributed by atoms with E-state index in [9.17, 15) is 28.9 Å². The minimum Gasteiger partial charge on any atom is -0.358 e. The van der Waals surface area contributed by atoms with E-state index in [1.165, 1.54) is 36.4 Å². The highest BCUT2D eigenvalue weighted by atomic mass is 19.1. The van der Waals surface area contributed by atoms with Crippen LogP contribution < -0.4 is 5.32 Å². The van der Waals surface area contributed by atoms with Gasteiger partial charge in [0.25, 0.3) is 5.69 Å². The molecule has 1 amide bonds. The quantitative estimate of drug-likeness (QED) is 0.190. The molecule has 0 radical (unpaired) electrons. The molecule has 9 heteroatoms. The van der Waals surface area contributed by atoms with Gasteiger partial charge in [-0.1, -0.05) is 54.6 Å². The van der Waals surface area contributed by atoms with Crippen LogP contribution in [-0.4, -0.2) is 33.3 Å². The molecule has 3 aliphatic heterocycles. The SMILES string of the molecule is O=C(c1cccc([N+](=O)[O-])c1)[C@@H]1[C@H](C(=O)c2ccc(F)cc2)[C@@]2(C(=O)Nc3ccccc32)[C@H]2c3ccccc3C=CN12. The maximum absolute atomic E-state index is 14.6.